The van der Waals surface area contributed by atoms with Crippen LogP contribution in [0, 0.1) is 0 Å². The molecule has 0 spiro atoms. The molecule has 0 aliphatic rings. The zero-order valence-electron chi connectivity index (χ0n) is 6.97. The van der Waals surface area contributed by atoms with E-state index in [9.17, 15) is 4.79 Å². The summed E-state index contributed by atoms with van der Waals surface area (Å²) in [6.07, 6.45) is 3.25. The molecule has 0 aliphatic heterocycles. The second-order valence-electron chi connectivity index (χ2n) is 2.53. The van der Waals surface area contributed by atoms with Crippen LogP contribution >= 0.6 is 9.24 Å². The van der Waals surface area contributed by atoms with Crippen LogP contribution in [0.1, 0.15) is 11.6 Å². The lowest BCUT2D eigenvalue weighted by molar-refractivity contribution is 0.231. The van der Waals surface area contributed by atoms with Gasteiger partial charge in [-0.05, 0) is 20.9 Å². The zero-order valence-corrected chi connectivity index (χ0v) is 8.13. The van der Waals surface area contributed by atoms with Crippen LogP contribution in [-0.2, 0) is 0 Å². The summed E-state index contributed by atoms with van der Waals surface area (Å²) in [6.45, 7) is -0.133. The van der Waals surface area contributed by atoms with Gasteiger partial charge in [0.15, 0.2) is 0 Å². The minimum Gasteiger partial charge on any atom is -0.394 e. The molecule has 0 saturated carbocycles. The number of carbonyl (C=O) groups excluding carboxylic acids is 1. The molecule has 4 nitrogen and oxygen atoms in total. The fraction of sp³-hybridized carbons (Fsp3) is 0.250. The first-order chi connectivity index (χ1) is 6.24. The van der Waals surface area contributed by atoms with Gasteiger partial charge in [0.05, 0.1) is 12.6 Å². The van der Waals surface area contributed by atoms with Gasteiger partial charge in [-0.15, -0.1) is 0 Å². The first-order valence-electron chi connectivity index (χ1n) is 3.81. The smallest absolute Gasteiger partial charge is 0.235 e. The summed E-state index contributed by atoms with van der Waals surface area (Å²) >= 11 is 0. The number of aliphatic hydroxyl groups excluding tert-OH is 1. The number of nitrogens with zero attached hydrogens (tertiary/aromatic N) is 1. The average Bonchev–Trinajstić information content (AvgIpc) is 2.15. The summed E-state index contributed by atoms with van der Waals surface area (Å²) in [6, 6.07) is 3.18. The van der Waals surface area contributed by atoms with E-state index in [1.807, 2.05) is 9.24 Å². The second kappa shape index (κ2) is 4.90. The largest absolute Gasteiger partial charge is 0.394 e. The van der Waals surface area contributed by atoms with Crippen molar-refractivity contribution < 1.29 is 9.90 Å². The molecule has 13 heavy (non-hydrogen) atoms. The fourth-order valence-electron chi connectivity index (χ4n) is 0.988. The summed E-state index contributed by atoms with van der Waals surface area (Å²) < 4.78 is 0. The molecule has 1 rings (SSSR count). The highest BCUT2D eigenvalue weighted by molar-refractivity contribution is 7.39. The van der Waals surface area contributed by atoms with Crippen LogP contribution in [0.15, 0.2) is 24.5 Å². The van der Waals surface area contributed by atoms with Crippen LogP contribution < -0.4 is 5.32 Å². The van der Waals surface area contributed by atoms with E-state index in [4.69, 9.17) is 5.11 Å². The van der Waals surface area contributed by atoms with Crippen LogP contribution in [-0.4, -0.2) is 22.3 Å². The van der Waals surface area contributed by atoms with Crippen molar-refractivity contribution in [3.8, 4) is 0 Å². The number of nitrogens with one attached hydrogen (secondary N) is 1. The molecule has 1 aromatic rings. The Morgan fingerprint density at radius 3 is 3.00 bits per heavy atom. The Balaban J connectivity index is 2.73. The van der Waals surface area contributed by atoms with E-state index in [0.717, 1.165) is 5.56 Å². The Kier molecular flexibility index (Phi) is 3.80. The topological polar surface area (TPSA) is 62.2 Å². The summed E-state index contributed by atoms with van der Waals surface area (Å²) in [5, 5.41) is 11.6. The number of hydrogen-bond acceptors (Lipinski definition) is 3. The van der Waals surface area contributed by atoms with Crippen molar-refractivity contribution >= 4 is 14.9 Å². The van der Waals surface area contributed by atoms with Gasteiger partial charge in [-0.2, -0.15) is 0 Å². The number of carbonyl (C=O) groups is 1. The first kappa shape index (κ1) is 10.1. The van der Waals surface area contributed by atoms with Crippen LogP contribution in [0.25, 0.3) is 0 Å². The zero-order chi connectivity index (χ0) is 9.68. The predicted octanol–water partition coefficient (Wildman–Crippen LogP) is 0.700. The quantitative estimate of drug-likeness (QED) is 0.703. The van der Waals surface area contributed by atoms with Gasteiger partial charge in [-0.3, -0.25) is 9.78 Å². The lowest BCUT2D eigenvalue weighted by Gasteiger charge is -2.14. The van der Waals surface area contributed by atoms with E-state index >= 15 is 0 Å². The molecule has 0 bridgehead atoms. The third-order valence-electron chi connectivity index (χ3n) is 1.59. The SMILES string of the molecule is O=C(P)NC(CO)c1cccnc1. The fourth-order valence-corrected chi connectivity index (χ4v) is 1.19. The normalized spacial score (nSPS) is 12.2. The number of pyridine rings is 1. The van der Waals surface area contributed by atoms with Crippen LogP contribution in [0.3, 0.4) is 0 Å². The Morgan fingerprint density at radius 2 is 2.54 bits per heavy atom. The van der Waals surface area contributed by atoms with Gasteiger partial charge in [0.1, 0.15) is 0 Å². The van der Waals surface area contributed by atoms with Crippen molar-refractivity contribution in [1.82, 2.24) is 10.3 Å². The van der Waals surface area contributed by atoms with Crippen LogP contribution in [0.2, 0.25) is 0 Å². The van der Waals surface area contributed by atoms with Crippen molar-refractivity contribution in [2.45, 2.75) is 6.04 Å². The van der Waals surface area contributed by atoms with Crippen molar-refractivity contribution in [1.29, 1.82) is 0 Å². The molecule has 70 valence electrons. The minimum atomic E-state index is -0.376. The molecule has 2 unspecified atom stereocenters. The molecule has 2 atom stereocenters. The minimum absolute atomic E-state index is 0.133. The number of aromatic nitrogens is 1. The maximum absolute atomic E-state index is 10.7. The molecular weight excluding hydrogens is 187 g/mol. The summed E-state index contributed by atoms with van der Waals surface area (Å²) in [5.74, 6) is 0. The summed E-state index contributed by atoms with van der Waals surface area (Å²) in [4.78, 5) is 14.6. The van der Waals surface area contributed by atoms with E-state index < -0.39 is 0 Å². The van der Waals surface area contributed by atoms with Crippen molar-refractivity contribution in [3.63, 3.8) is 0 Å². The predicted molar refractivity (Wildman–Crippen MR) is 52.3 cm³/mol. The highest BCUT2D eigenvalue weighted by Gasteiger charge is 2.10. The summed E-state index contributed by atoms with van der Waals surface area (Å²) in [5.41, 5.74) is 0.545. The highest BCUT2D eigenvalue weighted by Crippen LogP contribution is 2.10. The van der Waals surface area contributed by atoms with Gasteiger partial charge in [-0.1, -0.05) is 6.07 Å². The monoisotopic (exact) mass is 198 g/mol. The Bertz CT molecular complexity index is 279. The maximum Gasteiger partial charge on any atom is 0.235 e. The molecule has 0 saturated heterocycles. The molecule has 1 amide bonds. The average molecular weight is 198 g/mol. The second-order valence-corrected chi connectivity index (χ2v) is 3.05. The van der Waals surface area contributed by atoms with Gasteiger partial charge < -0.3 is 10.4 Å². The lowest BCUT2D eigenvalue weighted by atomic mass is 10.1. The molecule has 1 aromatic heterocycles. The third kappa shape index (κ3) is 3.09. The van der Waals surface area contributed by atoms with Gasteiger partial charge in [0, 0.05) is 12.4 Å². The van der Waals surface area contributed by atoms with E-state index in [1.165, 1.54) is 0 Å². The molecule has 5 heteroatoms. The van der Waals surface area contributed by atoms with Crippen molar-refractivity contribution in [2.75, 3.05) is 6.61 Å². The number of hydrogen-bond donors (Lipinski definition) is 2. The number of amides is 1. The van der Waals surface area contributed by atoms with Crippen LogP contribution in [0.4, 0.5) is 4.79 Å². The first-order valence-corrected chi connectivity index (χ1v) is 4.38. The summed E-state index contributed by atoms with van der Waals surface area (Å²) in [7, 11) is 2.00. The van der Waals surface area contributed by atoms with Gasteiger partial charge in [0.2, 0.25) is 5.65 Å². The van der Waals surface area contributed by atoms with E-state index in [2.05, 4.69) is 10.3 Å². The Labute approximate surface area is 78.6 Å². The Morgan fingerprint density at radius 1 is 1.77 bits per heavy atom. The number of rotatable bonds is 3. The standard InChI is InChI=1S/C8H11N2O2P/c11-5-7(10-8(12)13)6-2-1-3-9-4-6/h1-4,7,11H,5,13H2,(H,10,12). The van der Waals surface area contributed by atoms with E-state index in [0.29, 0.717) is 0 Å². The van der Waals surface area contributed by atoms with Gasteiger partial charge in [0.25, 0.3) is 0 Å². The Hall–Kier alpha value is -0.990. The van der Waals surface area contributed by atoms with E-state index in [-0.39, 0.29) is 18.3 Å². The maximum atomic E-state index is 10.7. The lowest BCUT2D eigenvalue weighted by Crippen LogP contribution is -2.26. The number of aliphatic hydroxyl groups is 1. The molecule has 0 fully saturated rings. The van der Waals surface area contributed by atoms with Crippen molar-refractivity contribution in [2.24, 2.45) is 0 Å². The molecule has 0 radical (unpaired) electrons. The molecule has 2 N–H and O–H groups in total. The van der Waals surface area contributed by atoms with E-state index in [1.54, 1.807) is 24.5 Å². The van der Waals surface area contributed by atoms with Gasteiger partial charge >= 0.3 is 0 Å². The third-order valence-corrected chi connectivity index (χ3v) is 1.75. The molecule has 1 heterocycles. The molecule has 0 aromatic carbocycles. The molecular formula is C8H11N2O2P. The van der Waals surface area contributed by atoms with Crippen molar-refractivity contribution in [3.05, 3.63) is 30.1 Å². The molecule has 0 aliphatic carbocycles. The highest BCUT2D eigenvalue weighted by atomic mass is 31.0. The van der Waals surface area contributed by atoms with Crippen LogP contribution in [0.5, 0.6) is 0 Å². The van der Waals surface area contributed by atoms with Gasteiger partial charge in [-0.25, -0.2) is 0 Å².